The van der Waals surface area contributed by atoms with Crippen LogP contribution in [0.4, 0.5) is 6.01 Å². The molecule has 1 aromatic rings. The second-order valence-corrected chi connectivity index (χ2v) is 5.29. The van der Waals surface area contributed by atoms with E-state index in [0.717, 1.165) is 6.54 Å². The van der Waals surface area contributed by atoms with Gasteiger partial charge in [-0.25, -0.2) is 4.79 Å². The van der Waals surface area contributed by atoms with Gasteiger partial charge in [0.15, 0.2) is 5.69 Å². The first kappa shape index (κ1) is 15.5. The number of esters is 1. The number of nitrogens with one attached hydrogen (secondary N) is 1. The van der Waals surface area contributed by atoms with Crippen LogP contribution in [-0.2, 0) is 4.74 Å². The van der Waals surface area contributed by atoms with Crippen LogP contribution in [-0.4, -0.2) is 24.1 Å². The molecule has 1 heterocycles. The first-order chi connectivity index (χ1) is 8.95. The molecule has 19 heavy (non-hydrogen) atoms. The molecule has 0 amide bonds. The summed E-state index contributed by atoms with van der Waals surface area (Å²) in [5.74, 6) is 1.22. The van der Waals surface area contributed by atoms with Crippen molar-refractivity contribution in [3.05, 3.63) is 12.0 Å². The van der Waals surface area contributed by atoms with E-state index in [1.807, 2.05) is 0 Å². The number of aromatic nitrogens is 1. The van der Waals surface area contributed by atoms with Crippen LogP contribution in [0.15, 0.2) is 10.7 Å². The fraction of sp³-hybridized carbons (Fsp3) is 0.714. The summed E-state index contributed by atoms with van der Waals surface area (Å²) in [5.41, 5.74) is 0.204. The van der Waals surface area contributed by atoms with Gasteiger partial charge in [-0.05, 0) is 24.7 Å². The lowest BCUT2D eigenvalue weighted by Crippen LogP contribution is -2.24. The Balaban J connectivity index is 2.56. The van der Waals surface area contributed by atoms with Crippen LogP contribution in [0.5, 0.6) is 0 Å². The molecule has 0 aliphatic rings. The number of hydrogen-bond acceptors (Lipinski definition) is 5. The Morgan fingerprint density at radius 3 is 2.53 bits per heavy atom. The number of carbonyl (C=O) groups is 1. The molecule has 108 valence electrons. The van der Waals surface area contributed by atoms with Crippen molar-refractivity contribution < 1.29 is 13.9 Å². The quantitative estimate of drug-likeness (QED) is 0.769. The maximum atomic E-state index is 11.4. The smallest absolute Gasteiger partial charge is 0.360 e. The Bertz CT molecular complexity index is 391. The standard InChI is InChI=1S/C14H24N2O3/c1-6-18-13(17)12-8-19-14(16-12)15-7-11(9(2)3)10(4)5/h8-11H,6-7H2,1-5H3,(H,15,16). The van der Waals surface area contributed by atoms with E-state index < -0.39 is 5.97 Å². The molecule has 0 saturated carbocycles. The molecule has 5 heteroatoms. The van der Waals surface area contributed by atoms with E-state index in [9.17, 15) is 4.79 Å². The highest BCUT2D eigenvalue weighted by molar-refractivity contribution is 5.87. The summed E-state index contributed by atoms with van der Waals surface area (Å²) >= 11 is 0. The summed E-state index contributed by atoms with van der Waals surface area (Å²) in [6, 6.07) is 0.370. The molecule has 1 N–H and O–H groups in total. The van der Waals surface area contributed by atoms with Gasteiger partial charge >= 0.3 is 5.97 Å². The number of carbonyl (C=O) groups excluding carboxylic acids is 1. The zero-order chi connectivity index (χ0) is 14.4. The van der Waals surface area contributed by atoms with Crippen LogP contribution in [0.2, 0.25) is 0 Å². The number of hydrogen-bond donors (Lipinski definition) is 1. The molecule has 0 spiro atoms. The molecule has 0 fully saturated rings. The van der Waals surface area contributed by atoms with Crippen molar-refractivity contribution in [1.29, 1.82) is 0 Å². The van der Waals surface area contributed by atoms with Crippen LogP contribution in [0.1, 0.15) is 45.1 Å². The lowest BCUT2D eigenvalue weighted by Gasteiger charge is -2.24. The fourth-order valence-electron chi connectivity index (χ4n) is 2.10. The van der Waals surface area contributed by atoms with Crippen LogP contribution < -0.4 is 5.32 Å². The van der Waals surface area contributed by atoms with Crippen molar-refractivity contribution in [2.45, 2.75) is 34.6 Å². The third-order valence-electron chi connectivity index (χ3n) is 3.19. The number of ether oxygens (including phenoxy) is 1. The molecule has 1 aromatic heterocycles. The monoisotopic (exact) mass is 268 g/mol. The Kier molecular flexibility index (Phi) is 5.86. The largest absolute Gasteiger partial charge is 0.461 e. The molecule has 0 aliphatic heterocycles. The summed E-state index contributed by atoms with van der Waals surface area (Å²) in [7, 11) is 0. The van der Waals surface area contributed by atoms with Gasteiger partial charge in [-0.1, -0.05) is 27.7 Å². The van der Waals surface area contributed by atoms with Crippen LogP contribution in [0.25, 0.3) is 0 Å². The molecule has 0 saturated heterocycles. The minimum atomic E-state index is -0.455. The zero-order valence-electron chi connectivity index (χ0n) is 12.4. The van der Waals surface area contributed by atoms with Gasteiger partial charge in [-0.15, -0.1) is 0 Å². The SMILES string of the molecule is CCOC(=O)c1coc(NCC(C(C)C)C(C)C)n1. The van der Waals surface area contributed by atoms with E-state index in [0.29, 0.717) is 30.4 Å². The van der Waals surface area contributed by atoms with Crippen molar-refractivity contribution in [1.82, 2.24) is 4.98 Å². The van der Waals surface area contributed by atoms with Gasteiger partial charge < -0.3 is 14.5 Å². The van der Waals surface area contributed by atoms with E-state index in [1.165, 1.54) is 6.26 Å². The highest BCUT2D eigenvalue weighted by Crippen LogP contribution is 2.21. The summed E-state index contributed by atoms with van der Waals surface area (Å²) in [5, 5.41) is 3.14. The summed E-state index contributed by atoms with van der Waals surface area (Å²) in [6.45, 7) is 11.7. The Labute approximate surface area is 114 Å². The highest BCUT2D eigenvalue weighted by atomic mass is 16.5. The number of anilines is 1. The van der Waals surface area contributed by atoms with Crippen LogP contribution >= 0.6 is 0 Å². The van der Waals surface area contributed by atoms with E-state index in [-0.39, 0.29) is 5.69 Å². The normalized spacial score (nSPS) is 11.4. The summed E-state index contributed by atoms with van der Waals surface area (Å²) < 4.78 is 10.1. The van der Waals surface area contributed by atoms with Gasteiger partial charge in [-0.2, -0.15) is 4.98 Å². The predicted molar refractivity (Wildman–Crippen MR) is 74.1 cm³/mol. The first-order valence-electron chi connectivity index (χ1n) is 6.82. The maximum Gasteiger partial charge on any atom is 0.360 e. The third-order valence-corrected chi connectivity index (χ3v) is 3.19. The second kappa shape index (κ2) is 7.16. The van der Waals surface area contributed by atoms with Gasteiger partial charge in [0.25, 0.3) is 6.01 Å². The van der Waals surface area contributed by atoms with Gasteiger partial charge in [-0.3, -0.25) is 0 Å². The molecular weight excluding hydrogens is 244 g/mol. The lowest BCUT2D eigenvalue weighted by atomic mass is 9.85. The minimum absolute atomic E-state index is 0.204. The zero-order valence-corrected chi connectivity index (χ0v) is 12.4. The van der Waals surface area contributed by atoms with E-state index in [2.05, 4.69) is 38.0 Å². The average molecular weight is 268 g/mol. The van der Waals surface area contributed by atoms with Crippen LogP contribution in [0, 0.1) is 17.8 Å². The average Bonchev–Trinajstić information content (AvgIpc) is 2.77. The molecular formula is C14H24N2O3. The molecule has 0 radical (unpaired) electrons. The number of rotatable bonds is 7. The highest BCUT2D eigenvalue weighted by Gasteiger charge is 2.19. The van der Waals surface area contributed by atoms with Crippen molar-refractivity contribution >= 4 is 12.0 Å². The van der Waals surface area contributed by atoms with E-state index >= 15 is 0 Å². The molecule has 0 aliphatic carbocycles. The van der Waals surface area contributed by atoms with Gasteiger partial charge in [0.05, 0.1) is 6.61 Å². The fourth-order valence-corrected chi connectivity index (χ4v) is 2.10. The molecule has 1 rings (SSSR count). The first-order valence-corrected chi connectivity index (χ1v) is 6.82. The lowest BCUT2D eigenvalue weighted by molar-refractivity contribution is 0.0519. The van der Waals surface area contributed by atoms with Crippen molar-refractivity contribution in [2.24, 2.45) is 17.8 Å². The third kappa shape index (κ3) is 4.58. The minimum Gasteiger partial charge on any atom is -0.461 e. The number of nitrogens with zero attached hydrogens (tertiary/aromatic N) is 1. The van der Waals surface area contributed by atoms with Gasteiger partial charge in [0, 0.05) is 6.54 Å². The van der Waals surface area contributed by atoms with E-state index in [4.69, 9.17) is 9.15 Å². The van der Waals surface area contributed by atoms with E-state index in [1.54, 1.807) is 6.92 Å². The summed E-state index contributed by atoms with van der Waals surface area (Å²) in [6.07, 6.45) is 1.32. The molecule has 0 bridgehead atoms. The summed E-state index contributed by atoms with van der Waals surface area (Å²) in [4.78, 5) is 15.5. The number of oxazole rings is 1. The van der Waals surface area contributed by atoms with Gasteiger partial charge in [0.2, 0.25) is 0 Å². The van der Waals surface area contributed by atoms with Crippen molar-refractivity contribution in [2.75, 3.05) is 18.5 Å². The molecule has 0 aromatic carbocycles. The predicted octanol–water partition coefficient (Wildman–Crippen LogP) is 3.19. The Morgan fingerprint density at radius 2 is 2.00 bits per heavy atom. The molecule has 0 atom stereocenters. The topological polar surface area (TPSA) is 64.4 Å². The second-order valence-electron chi connectivity index (χ2n) is 5.29. The van der Waals surface area contributed by atoms with Crippen molar-refractivity contribution in [3.8, 4) is 0 Å². The van der Waals surface area contributed by atoms with Gasteiger partial charge in [0.1, 0.15) is 6.26 Å². The Morgan fingerprint density at radius 1 is 1.37 bits per heavy atom. The van der Waals surface area contributed by atoms with Crippen molar-refractivity contribution in [3.63, 3.8) is 0 Å². The Hall–Kier alpha value is -1.52. The molecule has 0 unspecified atom stereocenters. The van der Waals surface area contributed by atoms with Crippen LogP contribution in [0.3, 0.4) is 0 Å². The molecule has 5 nitrogen and oxygen atoms in total. The maximum absolute atomic E-state index is 11.4.